The van der Waals surface area contributed by atoms with E-state index in [4.69, 9.17) is 5.11 Å². The number of halogens is 2. The Morgan fingerprint density at radius 3 is 1.78 bits per heavy atom. The van der Waals surface area contributed by atoms with Gasteiger partial charge in [-0.15, -0.1) is 0 Å². The molecule has 2 fully saturated rings. The number of aliphatic hydroxyl groups is 1. The fourth-order valence-corrected chi connectivity index (χ4v) is 5.39. The van der Waals surface area contributed by atoms with E-state index in [0.717, 1.165) is 36.2 Å². The van der Waals surface area contributed by atoms with Crippen molar-refractivity contribution in [1.29, 1.82) is 0 Å². The van der Waals surface area contributed by atoms with E-state index in [9.17, 15) is 8.78 Å². The van der Waals surface area contributed by atoms with E-state index in [1.165, 1.54) is 69.9 Å². The van der Waals surface area contributed by atoms with Gasteiger partial charge in [-0.3, -0.25) is 0 Å². The third-order valence-corrected chi connectivity index (χ3v) is 7.37. The van der Waals surface area contributed by atoms with Crippen LogP contribution in [0.5, 0.6) is 0 Å². The Labute approximate surface area is 163 Å². The molecule has 0 radical (unpaired) electrons. The number of rotatable bonds is 7. The molecule has 1 aromatic carbocycles. The van der Waals surface area contributed by atoms with Crippen LogP contribution in [-0.2, 0) is 6.42 Å². The Balaban J connectivity index is 1.45. The van der Waals surface area contributed by atoms with Crippen molar-refractivity contribution in [1.82, 2.24) is 0 Å². The Hall–Kier alpha value is -0.960. The zero-order chi connectivity index (χ0) is 19.2. The lowest BCUT2D eigenvalue weighted by Gasteiger charge is -2.32. The lowest BCUT2D eigenvalue weighted by molar-refractivity contribution is 0.227. The molecule has 3 rings (SSSR count). The van der Waals surface area contributed by atoms with Crippen LogP contribution in [0.1, 0.15) is 94.6 Å². The lowest BCUT2D eigenvalue weighted by Crippen LogP contribution is -2.17. The minimum Gasteiger partial charge on any atom is -0.396 e. The fraction of sp³-hybridized carbons (Fsp3) is 0.750. The van der Waals surface area contributed by atoms with Crippen molar-refractivity contribution < 1.29 is 13.9 Å². The molecular weight excluding hydrogens is 342 g/mol. The molecule has 2 saturated carbocycles. The van der Waals surface area contributed by atoms with E-state index < -0.39 is 11.6 Å². The van der Waals surface area contributed by atoms with Gasteiger partial charge in [0.2, 0.25) is 0 Å². The maximum absolute atomic E-state index is 14.2. The molecule has 0 saturated heterocycles. The van der Waals surface area contributed by atoms with Crippen LogP contribution in [0.15, 0.2) is 12.1 Å². The highest BCUT2D eigenvalue weighted by atomic mass is 19.1. The molecule has 0 spiro atoms. The normalized spacial score (nSPS) is 29.0. The largest absolute Gasteiger partial charge is 0.396 e. The monoisotopic (exact) mass is 378 g/mol. The molecule has 0 atom stereocenters. The Bertz CT molecular complexity index is 561. The average Bonchev–Trinajstić information content (AvgIpc) is 2.70. The zero-order valence-electron chi connectivity index (χ0n) is 16.9. The van der Waals surface area contributed by atoms with Crippen molar-refractivity contribution in [2.24, 2.45) is 17.8 Å². The second kappa shape index (κ2) is 10.0. The van der Waals surface area contributed by atoms with Gasteiger partial charge in [0.25, 0.3) is 0 Å². The lowest BCUT2D eigenvalue weighted by atomic mass is 9.74. The first-order chi connectivity index (χ1) is 13.1. The van der Waals surface area contributed by atoms with Crippen LogP contribution < -0.4 is 0 Å². The first-order valence-electron chi connectivity index (χ1n) is 11.2. The molecule has 0 amide bonds. The molecule has 0 unspecified atom stereocenters. The predicted molar refractivity (Wildman–Crippen MR) is 107 cm³/mol. The molecule has 0 bridgehead atoms. The summed E-state index contributed by atoms with van der Waals surface area (Å²) in [6.45, 7) is 2.10. The molecule has 3 heteroatoms. The average molecular weight is 379 g/mol. The molecule has 1 aromatic rings. The molecule has 0 aromatic heterocycles. The molecule has 152 valence electrons. The summed E-state index contributed by atoms with van der Waals surface area (Å²) in [6.07, 6.45) is 14.3. The van der Waals surface area contributed by atoms with Gasteiger partial charge in [-0.2, -0.15) is 0 Å². The minimum atomic E-state index is -0.496. The van der Waals surface area contributed by atoms with Crippen molar-refractivity contribution in [2.45, 2.75) is 89.9 Å². The van der Waals surface area contributed by atoms with E-state index in [0.29, 0.717) is 0 Å². The summed E-state index contributed by atoms with van der Waals surface area (Å²) < 4.78 is 28.3. The highest BCUT2D eigenvalue weighted by Gasteiger charge is 2.26. The van der Waals surface area contributed by atoms with Crippen molar-refractivity contribution in [3.63, 3.8) is 0 Å². The van der Waals surface area contributed by atoms with Crippen LogP contribution in [0, 0.1) is 29.4 Å². The first kappa shape index (κ1) is 20.8. The van der Waals surface area contributed by atoms with Crippen molar-refractivity contribution in [2.75, 3.05) is 6.61 Å². The van der Waals surface area contributed by atoms with Gasteiger partial charge in [0, 0.05) is 18.6 Å². The molecule has 0 heterocycles. The van der Waals surface area contributed by atoms with E-state index in [1.807, 2.05) is 0 Å². The second-order valence-electron chi connectivity index (χ2n) is 9.03. The zero-order valence-corrected chi connectivity index (χ0v) is 16.9. The van der Waals surface area contributed by atoms with Crippen LogP contribution in [0.3, 0.4) is 0 Å². The van der Waals surface area contributed by atoms with Crippen LogP contribution in [0.25, 0.3) is 0 Å². The molecule has 1 N–H and O–H groups in total. The van der Waals surface area contributed by atoms with Crippen LogP contribution >= 0.6 is 0 Å². The molecule has 27 heavy (non-hydrogen) atoms. The number of benzene rings is 1. The van der Waals surface area contributed by atoms with Gasteiger partial charge in [-0.05, 0) is 67.1 Å². The summed E-state index contributed by atoms with van der Waals surface area (Å²) in [5, 5.41) is 8.95. The number of hydrogen-bond donors (Lipinski definition) is 1. The van der Waals surface area contributed by atoms with Gasteiger partial charge in [0.15, 0.2) is 0 Å². The van der Waals surface area contributed by atoms with Gasteiger partial charge in [-0.1, -0.05) is 51.9 Å². The van der Waals surface area contributed by atoms with Crippen molar-refractivity contribution in [3.8, 4) is 0 Å². The fourth-order valence-electron chi connectivity index (χ4n) is 5.39. The Morgan fingerprint density at radius 2 is 1.30 bits per heavy atom. The summed E-state index contributed by atoms with van der Waals surface area (Å²) in [5.41, 5.74) is 0.829. The highest BCUT2D eigenvalue weighted by Crippen LogP contribution is 2.40. The summed E-state index contributed by atoms with van der Waals surface area (Å²) in [5.74, 6) is 2.00. The Morgan fingerprint density at radius 1 is 0.815 bits per heavy atom. The summed E-state index contributed by atoms with van der Waals surface area (Å²) in [6, 6.07) is 3.01. The molecule has 0 aliphatic heterocycles. The van der Waals surface area contributed by atoms with Crippen LogP contribution in [0.2, 0.25) is 0 Å². The smallest absolute Gasteiger partial charge is 0.129 e. The quantitative estimate of drug-likeness (QED) is 0.555. The molecule has 2 aliphatic rings. The van der Waals surface area contributed by atoms with Gasteiger partial charge in [0.05, 0.1) is 0 Å². The maximum atomic E-state index is 14.2. The van der Waals surface area contributed by atoms with Crippen LogP contribution in [-0.4, -0.2) is 11.7 Å². The minimum absolute atomic E-state index is 0.0210. The highest BCUT2D eigenvalue weighted by molar-refractivity contribution is 5.29. The van der Waals surface area contributed by atoms with Gasteiger partial charge < -0.3 is 5.11 Å². The van der Waals surface area contributed by atoms with Crippen molar-refractivity contribution in [3.05, 3.63) is 34.9 Å². The van der Waals surface area contributed by atoms with Crippen LogP contribution in [0.4, 0.5) is 8.78 Å². The summed E-state index contributed by atoms with van der Waals surface area (Å²) in [7, 11) is 0. The van der Waals surface area contributed by atoms with E-state index in [2.05, 4.69) is 6.92 Å². The van der Waals surface area contributed by atoms with Crippen molar-refractivity contribution >= 4 is 0 Å². The van der Waals surface area contributed by atoms with E-state index in [1.54, 1.807) is 0 Å². The SMILES string of the molecule is CCC1CCC(CCC2CCC(c3cc(F)c(CCO)c(F)c3)CC2)CC1. The van der Waals surface area contributed by atoms with Gasteiger partial charge >= 0.3 is 0 Å². The third kappa shape index (κ3) is 5.53. The van der Waals surface area contributed by atoms with Gasteiger partial charge in [-0.25, -0.2) is 8.78 Å². The maximum Gasteiger partial charge on any atom is 0.129 e. The number of aliphatic hydroxyl groups excluding tert-OH is 1. The third-order valence-electron chi connectivity index (χ3n) is 7.37. The second-order valence-corrected chi connectivity index (χ2v) is 9.03. The predicted octanol–water partition coefficient (Wildman–Crippen LogP) is 6.77. The topological polar surface area (TPSA) is 20.2 Å². The summed E-state index contributed by atoms with van der Waals surface area (Å²) in [4.78, 5) is 0. The summed E-state index contributed by atoms with van der Waals surface area (Å²) >= 11 is 0. The number of hydrogen-bond acceptors (Lipinski definition) is 1. The Kier molecular flexibility index (Phi) is 7.69. The van der Waals surface area contributed by atoms with E-state index >= 15 is 0 Å². The molecule has 2 aliphatic carbocycles. The molecular formula is C24H36F2O. The van der Waals surface area contributed by atoms with E-state index in [-0.39, 0.29) is 24.5 Å². The molecule has 1 nitrogen and oxygen atoms in total. The first-order valence-corrected chi connectivity index (χ1v) is 11.2. The standard InChI is InChI=1S/C24H36F2O/c1-2-17-3-5-18(6-4-17)7-8-19-9-11-20(12-10-19)21-15-23(25)22(13-14-27)24(26)16-21/h15-20,27H,2-14H2,1H3. The van der Waals surface area contributed by atoms with Gasteiger partial charge in [0.1, 0.15) is 11.6 Å².